The number of unbranched alkanes of at least 4 members (excludes halogenated alkanes) is 21. The molecule has 0 fully saturated rings. The molecule has 0 aromatic carbocycles. The molecule has 0 bridgehead atoms. The fourth-order valence-corrected chi connectivity index (χ4v) is 4.46. The molecule has 188 valence electrons. The molecule has 0 aromatic heterocycles. The van der Waals surface area contributed by atoms with Crippen molar-refractivity contribution in [1.82, 2.24) is 0 Å². The lowest BCUT2D eigenvalue weighted by molar-refractivity contribution is 0.00497. The van der Waals surface area contributed by atoms with Crippen LogP contribution in [-0.4, -0.2) is 24.4 Å². The van der Waals surface area contributed by atoms with Crippen molar-refractivity contribution in [2.45, 2.75) is 174 Å². The minimum atomic E-state index is 0.0753. The fraction of sp³-hybridized carbons (Fsp3) is 1.00. The third-order valence-corrected chi connectivity index (χ3v) is 6.68. The Labute approximate surface area is 197 Å². The van der Waals surface area contributed by atoms with E-state index in [2.05, 4.69) is 13.8 Å². The minimum Gasteiger partial charge on any atom is -0.394 e. The van der Waals surface area contributed by atoms with Gasteiger partial charge in [-0.25, -0.2) is 0 Å². The lowest BCUT2D eigenvalue weighted by Crippen LogP contribution is -2.18. The molecule has 0 aliphatic carbocycles. The molecule has 0 amide bonds. The zero-order valence-electron chi connectivity index (χ0n) is 21.8. The highest BCUT2D eigenvalue weighted by molar-refractivity contribution is 4.58. The Hall–Kier alpha value is -0.0800. The Balaban J connectivity index is 3.26. The summed E-state index contributed by atoms with van der Waals surface area (Å²) < 4.78 is 5.92. The summed E-state index contributed by atoms with van der Waals surface area (Å²) in [6, 6.07) is 0. The van der Waals surface area contributed by atoms with Gasteiger partial charge in [0.2, 0.25) is 0 Å². The summed E-state index contributed by atoms with van der Waals surface area (Å²) in [5, 5.41) is 9.55. The van der Waals surface area contributed by atoms with E-state index in [0.29, 0.717) is 0 Å². The first-order valence-electron chi connectivity index (χ1n) is 14.6. The van der Waals surface area contributed by atoms with Gasteiger partial charge in [0.1, 0.15) is 0 Å². The van der Waals surface area contributed by atoms with Crippen molar-refractivity contribution < 1.29 is 9.84 Å². The summed E-state index contributed by atoms with van der Waals surface area (Å²) in [4.78, 5) is 0. The van der Waals surface area contributed by atoms with Gasteiger partial charge in [0, 0.05) is 6.61 Å². The summed E-state index contributed by atoms with van der Waals surface area (Å²) in [5.74, 6) is 0. The maximum atomic E-state index is 9.55. The molecule has 0 radical (unpaired) electrons. The maximum absolute atomic E-state index is 9.55. The van der Waals surface area contributed by atoms with Crippen LogP contribution in [-0.2, 0) is 4.74 Å². The summed E-state index contributed by atoms with van der Waals surface area (Å²) in [7, 11) is 0. The summed E-state index contributed by atoms with van der Waals surface area (Å²) in [6.45, 7) is 5.59. The second-order valence-electron chi connectivity index (χ2n) is 9.89. The van der Waals surface area contributed by atoms with Gasteiger partial charge >= 0.3 is 0 Å². The smallest absolute Gasteiger partial charge is 0.0805 e. The lowest BCUT2D eigenvalue weighted by Gasteiger charge is -2.15. The molecule has 0 spiro atoms. The van der Waals surface area contributed by atoms with Crippen LogP contribution in [0.25, 0.3) is 0 Å². The maximum Gasteiger partial charge on any atom is 0.0805 e. The van der Waals surface area contributed by atoms with Crippen molar-refractivity contribution in [3.8, 4) is 0 Å². The van der Waals surface area contributed by atoms with E-state index < -0.39 is 0 Å². The van der Waals surface area contributed by atoms with Crippen LogP contribution in [0.1, 0.15) is 168 Å². The highest BCUT2D eigenvalue weighted by atomic mass is 16.5. The number of aliphatic hydroxyl groups excluding tert-OH is 1. The van der Waals surface area contributed by atoms with Crippen molar-refractivity contribution in [1.29, 1.82) is 0 Å². The third kappa shape index (κ3) is 26.1. The van der Waals surface area contributed by atoms with Crippen LogP contribution in [0.4, 0.5) is 0 Å². The molecule has 2 heteroatoms. The normalized spacial score (nSPS) is 12.5. The summed E-state index contributed by atoms with van der Waals surface area (Å²) >= 11 is 0. The van der Waals surface area contributed by atoms with Gasteiger partial charge < -0.3 is 9.84 Å². The second kappa shape index (κ2) is 28.0. The molecular weight excluding hydrogens is 380 g/mol. The van der Waals surface area contributed by atoms with Crippen LogP contribution >= 0.6 is 0 Å². The number of rotatable bonds is 27. The van der Waals surface area contributed by atoms with Crippen molar-refractivity contribution in [3.05, 3.63) is 0 Å². The molecule has 31 heavy (non-hydrogen) atoms. The first-order chi connectivity index (χ1) is 15.3. The van der Waals surface area contributed by atoms with Crippen molar-refractivity contribution in [3.63, 3.8) is 0 Å². The minimum absolute atomic E-state index is 0.0753. The largest absolute Gasteiger partial charge is 0.394 e. The van der Waals surface area contributed by atoms with Gasteiger partial charge in [0.15, 0.2) is 0 Å². The predicted molar refractivity (Wildman–Crippen MR) is 139 cm³/mol. The van der Waals surface area contributed by atoms with Crippen LogP contribution in [0.3, 0.4) is 0 Å². The molecule has 0 rings (SSSR count). The van der Waals surface area contributed by atoms with E-state index in [9.17, 15) is 5.11 Å². The Morgan fingerprint density at radius 1 is 0.452 bits per heavy atom. The van der Waals surface area contributed by atoms with E-state index in [4.69, 9.17) is 4.74 Å². The van der Waals surface area contributed by atoms with E-state index in [1.807, 2.05) is 0 Å². The Morgan fingerprint density at radius 3 is 1.13 bits per heavy atom. The SMILES string of the molecule is CCCCCCCCCCCCCCCC(CO)OCCCCCCCCCCCC. The molecule has 1 unspecified atom stereocenters. The molecule has 0 aliphatic rings. The average molecular weight is 441 g/mol. The Kier molecular flexibility index (Phi) is 27.9. The average Bonchev–Trinajstić information content (AvgIpc) is 2.79. The highest BCUT2D eigenvalue weighted by Gasteiger charge is 2.07. The molecule has 2 nitrogen and oxygen atoms in total. The zero-order valence-corrected chi connectivity index (χ0v) is 21.8. The first-order valence-corrected chi connectivity index (χ1v) is 14.6. The fourth-order valence-electron chi connectivity index (χ4n) is 4.46. The van der Waals surface area contributed by atoms with E-state index in [0.717, 1.165) is 19.4 Å². The third-order valence-electron chi connectivity index (χ3n) is 6.68. The van der Waals surface area contributed by atoms with Gasteiger partial charge in [-0.3, -0.25) is 0 Å². The number of hydrogen-bond donors (Lipinski definition) is 1. The standard InChI is InChI=1S/C29H60O2/c1-3-5-7-9-11-13-15-16-17-18-20-22-24-26-29(28-30)31-27-25-23-21-19-14-12-10-8-6-4-2/h29-30H,3-28H2,1-2H3. The van der Waals surface area contributed by atoms with Crippen LogP contribution in [0.15, 0.2) is 0 Å². The zero-order chi connectivity index (χ0) is 22.7. The number of aliphatic hydroxyl groups is 1. The van der Waals surface area contributed by atoms with E-state index in [1.54, 1.807) is 0 Å². The van der Waals surface area contributed by atoms with Crippen molar-refractivity contribution in [2.24, 2.45) is 0 Å². The molecule has 0 aromatic rings. The summed E-state index contributed by atoms with van der Waals surface area (Å²) in [6.07, 6.45) is 32.8. The van der Waals surface area contributed by atoms with E-state index in [1.165, 1.54) is 141 Å². The van der Waals surface area contributed by atoms with Crippen LogP contribution < -0.4 is 0 Å². The van der Waals surface area contributed by atoms with Crippen molar-refractivity contribution in [2.75, 3.05) is 13.2 Å². The molecule has 1 N–H and O–H groups in total. The molecule has 0 heterocycles. The lowest BCUT2D eigenvalue weighted by atomic mass is 10.0. The van der Waals surface area contributed by atoms with E-state index >= 15 is 0 Å². The molecule has 0 saturated carbocycles. The van der Waals surface area contributed by atoms with E-state index in [-0.39, 0.29) is 12.7 Å². The van der Waals surface area contributed by atoms with Gasteiger partial charge in [0.05, 0.1) is 12.7 Å². The highest BCUT2D eigenvalue weighted by Crippen LogP contribution is 2.15. The quantitative estimate of drug-likeness (QED) is 0.129. The van der Waals surface area contributed by atoms with Crippen LogP contribution in [0.2, 0.25) is 0 Å². The molecule has 0 saturated heterocycles. The van der Waals surface area contributed by atoms with Gasteiger partial charge in [0.25, 0.3) is 0 Å². The first kappa shape index (κ1) is 30.9. The van der Waals surface area contributed by atoms with Gasteiger partial charge in [-0.1, -0.05) is 155 Å². The molecular formula is C29H60O2. The number of hydrogen-bond acceptors (Lipinski definition) is 2. The van der Waals surface area contributed by atoms with Gasteiger partial charge in [-0.2, -0.15) is 0 Å². The molecule has 0 aliphatic heterocycles. The van der Waals surface area contributed by atoms with Crippen LogP contribution in [0.5, 0.6) is 0 Å². The Morgan fingerprint density at radius 2 is 0.774 bits per heavy atom. The predicted octanol–water partition coefficient (Wildman–Crippen LogP) is 9.77. The Bertz CT molecular complexity index is 305. The van der Waals surface area contributed by atoms with Crippen LogP contribution in [0, 0.1) is 0 Å². The second-order valence-corrected chi connectivity index (χ2v) is 9.89. The van der Waals surface area contributed by atoms with Gasteiger partial charge in [-0.15, -0.1) is 0 Å². The van der Waals surface area contributed by atoms with Gasteiger partial charge in [-0.05, 0) is 12.8 Å². The monoisotopic (exact) mass is 440 g/mol. The topological polar surface area (TPSA) is 29.5 Å². The summed E-state index contributed by atoms with van der Waals surface area (Å²) in [5.41, 5.74) is 0. The number of ether oxygens (including phenoxy) is 1. The van der Waals surface area contributed by atoms with Crippen molar-refractivity contribution >= 4 is 0 Å². The molecule has 1 atom stereocenters.